The molecule has 0 bridgehead atoms. The predicted molar refractivity (Wildman–Crippen MR) is 103 cm³/mol. The highest BCUT2D eigenvalue weighted by Gasteiger charge is 2.17. The average Bonchev–Trinajstić information content (AvgIpc) is 2.94. The Morgan fingerprint density at radius 1 is 1.07 bits per heavy atom. The molecule has 0 atom stereocenters. The lowest BCUT2D eigenvalue weighted by atomic mass is 10.1. The largest absolute Gasteiger partial charge is 0.493 e. The lowest BCUT2D eigenvalue weighted by Gasteiger charge is -2.12. The van der Waals surface area contributed by atoms with Gasteiger partial charge in [-0.2, -0.15) is 0 Å². The molecule has 2 rings (SSSR count). The Hall–Kier alpha value is -2.60. The van der Waals surface area contributed by atoms with Crippen molar-refractivity contribution in [2.45, 2.75) is 33.7 Å². The van der Waals surface area contributed by atoms with E-state index in [0.717, 1.165) is 24.4 Å². The van der Waals surface area contributed by atoms with E-state index in [1.807, 2.05) is 19.9 Å². The Labute approximate surface area is 160 Å². The Morgan fingerprint density at radius 3 is 2.44 bits per heavy atom. The number of aromatic nitrogens is 1. The van der Waals surface area contributed by atoms with Gasteiger partial charge in [0.1, 0.15) is 0 Å². The van der Waals surface area contributed by atoms with Crippen LogP contribution >= 0.6 is 0 Å². The summed E-state index contributed by atoms with van der Waals surface area (Å²) in [7, 11) is 3.18. The zero-order chi connectivity index (χ0) is 20.0. The molecule has 0 amide bonds. The third-order valence-electron chi connectivity index (χ3n) is 4.53. The first-order chi connectivity index (χ1) is 12.9. The molecule has 0 spiro atoms. The van der Waals surface area contributed by atoms with Crippen molar-refractivity contribution in [2.24, 2.45) is 0 Å². The van der Waals surface area contributed by atoms with Gasteiger partial charge >= 0.3 is 0 Å². The number of ketones is 2. The van der Waals surface area contributed by atoms with Gasteiger partial charge in [-0.25, -0.2) is 0 Å². The number of ether oxygens (including phenoxy) is 3. The molecule has 6 nitrogen and oxygen atoms in total. The zero-order valence-corrected chi connectivity index (χ0v) is 16.6. The summed E-state index contributed by atoms with van der Waals surface area (Å²) >= 11 is 0. The molecular formula is C21H27NO5. The van der Waals surface area contributed by atoms with Crippen LogP contribution in [0.15, 0.2) is 24.3 Å². The van der Waals surface area contributed by atoms with Gasteiger partial charge in [0, 0.05) is 42.8 Å². The summed E-state index contributed by atoms with van der Waals surface area (Å²) in [5, 5.41) is 0. The second-order valence-electron chi connectivity index (χ2n) is 6.42. The smallest absolute Gasteiger partial charge is 0.202 e. The monoisotopic (exact) mass is 373 g/mol. The fraction of sp³-hybridized carbons (Fsp3) is 0.429. The summed E-state index contributed by atoms with van der Waals surface area (Å²) in [4.78, 5) is 24.1. The molecule has 0 unspecified atom stereocenters. The first-order valence-electron chi connectivity index (χ1n) is 8.89. The molecule has 0 saturated heterocycles. The maximum absolute atomic E-state index is 12.7. The van der Waals surface area contributed by atoms with Gasteiger partial charge in [-0.15, -0.1) is 0 Å². The molecule has 2 aromatic rings. The van der Waals surface area contributed by atoms with E-state index in [4.69, 9.17) is 14.2 Å². The van der Waals surface area contributed by atoms with Crippen molar-refractivity contribution in [1.29, 1.82) is 0 Å². The van der Waals surface area contributed by atoms with Crippen LogP contribution in [0.4, 0.5) is 0 Å². The molecule has 0 saturated carbocycles. The third kappa shape index (κ3) is 4.98. The molecule has 0 radical (unpaired) electrons. The van der Waals surface area contributed by atoms with Gasteiger partial charge in [0.2, 0.25) is 5.78 Å². The zero-order valence-electron chi connectivity index (χ0n) is 16.6. The number of carbonyl (C=O) groups excluding carboxylic acids is 2. The number of rotatable bonds is 10. The Bertz CT molecular complexity index is 822. The summed E-state index contributed by atoms with van der Waals surface area (Å²) in [6, 6.07) is 6.82. The van der Waals surface area contributed by atoms with Crippen LogP contribution in [-0.4, -0.2) is 43.6 Å². The van der Waals surface area contributed by atoms with Gasteiger partial charge in [0.05, 0.1) is 7.11 Å². The van der Waals surface area contributed by atoms with Gasteiger partial charge in [-0.3, -0.25) is 9.59 Å². The van der Waals surface area contributed by atoms with Crippen molar-refractivity contribution in [2.75, 3.05) is 27.4 Å². The van der Waals surface area contributed by atoms with E-state index in [2.05, 4.69) is 4.57 Å². The lowest BCUT2D eigenvalue weighted by molar-refractivity contribution is 0.0917. The number of carbonyl (C=O) groups is 2. The third-order valence-corrected chi connectivity index (χ3v) is 4.53. The molecular weight excluding hydrogens is 346 g/mol. The van der Waals surface area contributed by atoms with Crippen LogP contribution in [-0.2, 0) is 11.3 Å². The highest BCUT2D eigenvalue weighted by Crippen LogP contribution is 2.28. The van der Waals surface area contributed by atoms with E-state index in [9.17, 15) is 9.59 Å². The number of methoxy groups -OCH3 is 2. The van der Waals surface area contributed by atoms with Crippen LogP contribution in [0.5, 0.6) is 11.5 Å². The van der Waals surface area contributed by atoms with E-state index in [1.165, 1.54) is 14.0 Å². The second kappa shape index (κ2) is 9.37. The van der Waals surface area contributed by atoms with Crippen molar-refractivity contribution in [3.8, 4) is 11.5 Å². The van der Waals surface area contributed by atoms with Gasteiger partial charge in [0.25, 0.3) is 0 Å². The molecule has 0 aliphatic rings. The Balaban J connectivity index is 2.10. The summed E-state index contributed by atoms with van der Waals surface area (Å²) in [6.07, 6.45) is 0.886. The van der Waals surface area contributed by atoms with Crippen molar-refractivity contribution in [1.82, 2.24) is 4.57 Å². The minimum Gasteiger partial charge on any atom is -0.493 e. The summed E-state index contributed by atoms with van der Waals surface area (Å²) < 4.78 is 18.2. The number of nitrogens with zero attached hydrogens (tertiary/aromatic N) is 1. The first kappa shape index (κ1) is 20.7. The highest BCUT2D eigenvalue weighted by atomic mass is 16.5. The molecule has 146 valence electrons. The maximum atomic E-state index is 12.7. The number of hydrogen-bond acceptors (Lipinski definition) is 5. The summed E-state index contributed by atoms with van der Waals surface area (Å²) in [6.45, 7) is 6.80. The van der Waals surface area contributed by atoms with Crippen molar-refractivity contribution >= 4 is 11.6 Å². The van der Waals surface area contributed by atoms with E-state index in [0.29, 0.717) is 29.2 Å². The number of Topliss-reactive ketones (excluding diaryl/α,β-unsaturated/α-hetero) is 2. The Kier molecular flexibility index (Phi) is 7.19. The fourth-order valence-corrected chi connectivity index (χ4v) is 3.02. The van der Waals surface area contributed by atoms with Crippen molar-refractivity contribution in [3.05, 3.63) is 46.8 Å². The summed E-state index contributed by atoms with van der Waals surface area (Å²) in [5.74, 6) is 0.709. The molecule has 1 aromatic carbocycles. The number of hydrogen-bond donors (Lipinski definition) is 0. The van der Waals surface area contributed by atoms with E-state index >= 15 is 0 Å². The van der Waals surface area contributed by atoms with E-state index in [-0.39, 0.29) is 18.2 Å². The topological polar surface area (TPSA) is 66.8 Å². The number of benzene rings is 1. The predicted octanol–water partition coefficient (Wildman–Crippen LogP) is 3.61. The molecule has 0 aliphatic heterocycles. The SMILES string of the molecule is COCCCn1c(C)cc(C(=O)COc2ccc(C(C)=O)cc2OC)c1C. The van der Waals surface area contributed by atoms with Crippen molar-refractivity contribution < 1.29 is 23.8 Å². The van der Waals surface area contributed by atoms with Crippen LogP contribution in [0, 0.1) is 13.8 Å². The second-order valence-corrected chi connectivity index (χ2v) is 6.42. The number of aryl methyl sites for hydroxylation is 1. The minimum atomic E-state index is -0.0991. The summed E-state index contributed by atoms with van der Waals surface area (Å²) in [5.41, 5.74) is 3.15. The van der Waals surface area contributed by atoms with Crippen LogP contribution in [0.25, 0.3) is 0 Å². The van der Waals surface area contributed by atoms with Crippen LogP contribution in [0.2, 0.25) is 0 Å². The molecule has 27 heavy (non-hydrogen) atoms. The van der Waals surface area contributed by atoms with Crippen molar-refractivity contribution in [3.63, 3.8) is 0 Å². The van der Waals surface area contributed by atoms with Crippen LogP contribution < -0.4 is 9.47 Å². The van der Waals surface area contributed by atoms with Gasteiger partial charge in [-0.05, 0) is 51.5 Å². The molecule has 6 heteroatoms. The normalized spacial score (nSPS) is 10.7. The highest BCUT2D eigenvalue weighted by molar-refractivity contribution is 5.98. The molecule has 1 heterocycles. The van der Waals surface area contributed by atoms with Gasteiger partial charge in [0.15, 0.2) is 23.9 Å². The average molecular weight is 373 g/mol. The minimum absolute atomic E-state index is 0.0585. The van der Waals surface area contributed by atoms with Gasteiger partial charge in [-0.1, -0.05) is 0 Å². The maximum Gasteiger partial charge on any atom is 0.202 e. The lowest BCUT2D eigenvalue weighted by Crippen LogP contribution is -2.14. The van der Waals surface area contributed by atoms with E-state index < -0.39 is 0 Å². The van der Waals surface area contributed by atoms with Crippen LogP contribution in [0.3, 0.4) is 0 Å². The molecule has 0 N–H and O–H groups in total. The van der Waals surface area contributed by atoms with Gasteiger partial charge < -0.3 is 18.8 Å². The quantitative estimate of drug-likeness (QED) is 0.470. The molecule has 0 fully saturated rings. The standard InChI is InChI=1S/C21H27NO5/c1-14-11-18(15(2)22(14)9-6-10-25-4)19(24)13-27-20-8-7-17(16(3)23)12-21(20)26-5/h7-8,11-12H,6,9-10,13H2,1-5H3. The van der Waals surface area contributed by atoms with Crippen LogP contribution in [0.1, 0.15) is 45.4 Å². The molecule has 0 aliphatic carbocycles. The Morgan fingerprint density at radius 2 is 1.81 bits per heavy atom. The molecule has 1 aromatic heterocycles. The fourth-order valence-electron chi connectivity index (χ4n) is 3.02. The van der Waals surface area contributed by atoms with E-state index in [1.54, 1.807) is 25.3 Å². The first-order valence-corrected chi connectivity index (χ1v) is 8.89.